The second-order valence-electron chi connectivity index (χ2n) is 6.70. The number of Topliss-reactive ketones (excluding diaryl/α,β-unsaturated/α-hetero) is 1. The molecule has 0 N–H and O–H groups in total. The number of ketones is 1. The summed E-state index contributed by atoms with van der Waals surface area (Å²) in [6.45, 7) is 0. The largest absolute Gasteiger partial charge is 0.469 e. The fourth-order valence-electron chi connectivity index (χ4n) is 3.38. The van der Waals surface area contributed by atoms with Gasteiger partial charge >= 0.3 is 0 Å². The monoisotopic (exact) mass is 454 g/mol. The standard InChI is InChI=1S/C20H15BrN4O2S/c21-14-5-3-12(4-6-14)11-28-20-23-19-22-16-8-13(18-2-1-7-27-18)9-17(26)15(16)10-25(19)24-20/h1-7,10,13H,8-9,11H2/t13-/m0/s1. The molecule has 1 aliphatic rings. The van der Waals surface area contributed by atoms with Gasteiger partial charge in [0.05, 0.1) is 17.5 Å². The summed E-state index contributed by atoms with van der Waals surface area (Å²) >= 11 is 4.99. The molecule has 3 aromatic heterocycles. The number of carbonyl (C=O) groups is 1. The highest BCUT2D eigenvalue weighted by Gasteiger charge is 2.30. The van der Waals surface area contributed by atoms with Crippen LogP contribution in [0.2, 0.25) is 0 Å². The van der Waals surface area contributed by atoms with Gasteiger partial charge in [0.2, 0.25) is 5.16 Å². The summed E-state index contributed by atoms with van der Waals surface area (Å²) in [7, 11) is 0. The summed E-state index contributed by atoms with van der Waals surface area (Å²) in [5.74, 6) is 2.21. The third kappa shape index (κ3) is 3.38. The summed E-state index contributed by atoms with van der Waals surface area (Å²) in [6.07, 6.45) is 4.49. The number of rotatable bonds is 4. The average molecular weight is 455 g/mol. The molecule has 1 aromatic carbocycles. The predicted octanol–water partition coefficient (Wildman–Crippen LogP) is 4.68. The third-order valence-corrected chi connectivity index (χ3v) is 6.23. The molecule has 0 saturated carbocycles. The van der Waals surface area contributed by atoms with Gasteiger partial charge in [-0.1, -0.05) is 39.8 Å². The molecule has 1 aliphatic carbocycles. The first-order valence-corrected chi connectivity index (χ1v) is 10.6. The number of halogens is 1. The van der Waals surface area contributed by atoms with Gasteiger partial charge in [-0.2, -0.15) is 4.98 Å². The van der Waals surface area contributed by atoms with Crippen LogP contribution >= 0.6 is 27.7 Å². The maximum atomic E-state index is 12.6. The SMILES string of the molecule is O=C1C[C@@H](c2ccco2)Cc2nc3nc(SCc4ccc(Br)cc4)nn3cc21. The lowest BCUT2D eigenvalue weighted by molar-refractivity contribution is 0.0958. The molecule has 0 aliphatic heterocycles. The summed E-state index contributed by atoms with van der Waals surface area (Å²) in [4.78, 5) is 21.8. The van der Waals surface area contributed by atoms with Crippen molar-refractivity contribution < 1.29 is 9.21 Å². The second kappa shape index (κ2) is 7.18. The van der Waals surface area contributed by atoms with Crippen LogP contribution in [0.3, 0.4) is 0 Å². The Labute approximate surface area is 173 Å². The van der Waals surface area contributed by atoms with Crippen LogP contribution in [-0.2, 0) is 12.2 Å². The van der Waals surface area contributed by atoms with E-state index in [1.54, 1.807) is 28.7 Å². The predicted molar refractivity (Wildman–Crippen MR) is 109 cm³/mol. The Kier molecular flexibility index (Phi) is 4.52. The molecule has 0 spiro atoms. The van der Waals surface area contributed by atoms with Gasteiger partial charge in [-0.3, -0.25) is 4.79 Å². The van der Waals surface area contributed by atoms with Crippen LogP contribution in [0.4, 0.5) is 0 Å². The van der Waals surface area contributed by atoms with Gasteiger partial charge in [0.15, 0.2) is 5.78 Å². The normalized spacial score (nSPS) is 16.5. The minimum atomic E-state index is 0.0270. The number of furan rings is 1. The van der Waals surface area contributed by atoms with Crippen LogP contribution < -0.4 is 0 Å². The molecule has 0 amide bonds. The Bertz CT molecular complexity index is 1160. The Morgan fingerprint density at radius 2 is 2.04 bits per heavy atom. The van der Waals surface area contributed by atoms with Crippen molar-refractivity contribution in [3.8, 4) is 0 Å². The molecule has 28 heavy (non-hydrogen) atoms. The van der Waals surface area contributed by atoms with Crippen LogP contribution in [0, 0.1) is 0 Å². The van der Waals surface area contributed by atoms with Crippen molar-refractivity contribution in [3.05, 3.63) is 75.9 Å². The summed E-state index contributed by atoms with van der Waals surface area (Å²) in [6, 6.07) is 11.9. The highest BCUT2D eigenvalue weighted by molar-refractivity contribution is 9.10. The molecule has 0 fully saturated rings. The van der Waals surface area contributed by atoms with Crippen molar-refractivity contribution >= 4 is 39.3 Å². The van der Waals surface area contributed by atoms with Gasteiger partial charge in [0, 0.05) is 35.2 Å². The number of carbonyl (C=O) groups excluding carboxylic acids is 1. The minimum Gasteiger partial charge on any atom is -0.469 e. The molecule has 8 heteroatoms. The van der Waals surface area contributed by atoms with E-state index < -0.39 is 0 Å². The maximum Gasteiger partial charge on any atom is 0.253 e. The van der Waals surface area contributed by atoms with E-state index in [1.165, 1.54) is 5.56 Å². The molecule has 0 saturated heterocycles. The molecule has 0 bridgehead atoms. The van der Waals surface area contributed by atoms with Crippen molar-refractivity contribution in [2.75, 3.05) is 0 Å². The van der Waals surface area contributed by atoms with Crippen LogP contribution in [-0.4, -0.2) is 25.4 Å². The van der Waals surface area contributed by atoms with Crippen molar-refractivity contribution in [2.24, 2.45) is 0 Å². The first-order valence-electron chi connectivity index (χ1n) is 8.86. The molecule has 5 rings (SSSR count). The minimum absolute atomic E-state index is 0.0270. The molecule has 0 unspecified atom stereocenters. The smallest absolute Gasteiger partial charge is 0.253 e. The quantitative estimate of drug-likeness (QED) is 0.416. The first-order chi connectivity index (χ1) is 13.7. The lowest BCUT2D eigenvalue weighted by Gasteiger charge is -2.20. The van der Waals surface area contributed by atoms with E-state index in [0.717, 1.165) is 21.7 Å². The second-order valence-corrected chi connectivity index (χ2v) is 8.56. The fourth-order valence-corrected chi connectivity index (χ4v) is 4.42. The van der Waals surface area contributed by atoms with E-state index in [1.807, 2.05) is 24.3 Å². The van der Waals surface area contributed by atoms with Crippen molar-refractivity contribution in [2.45, 2.75) is 29.7 Å². The molecule has 6 nitrogen and oxygen atoms in total. The molecule has 0 radical (unpaired) electrons. The summed E-state index contributed by atoms with van der Waals surface area (Å²) < 4.78 is 8.15. The highest BCUT2D eigenvalue weighted by atomic mass is 79.9. The number of fused-ring (bicyclic) bond motifs is 2. The van der Waals surface area contributed by atoms with Crippen molar-refractivity contribution in [3.63, 3.8) is 0 Å². The Morgan fingerprint density at radius 1 is 1.18 bits per heavy atom. The Balaban J connectivity index is 1.40. The van der Waals surface area contributed by atoms with E-state index in [9.17, 15) is 4.79 Å². The maximum absolute atomic E-state index is 12.6. The van der Waals surface area contributed by atoms with Crippen LogP contribution in [0.5, 0.6) is 0 Å². The topological polar surface area (TPSA) is 73.3 Å². The fraction of sp³-hybridized carbons (Fsp3) is 0.200. The van der Waals surface area contributed by atoms with Crippen LogP contribution in [0.15, 0.2) is 62.9 Å². The van der Waals surface area contributed by atoms with E-state index >= 15 is 0 Å². The number of thioether (sulfide) groups is 1. The van der Waals surface area contributed by atoms with Crippen molar-refractivity contribution in [1.82, 2.24) is 19.6 Å². The number of hydrogen-bond acceptors (Lipinski definition) is 6. The Morgan fingerprint density at radius 3 is 2.82 bits per heavy atom. The van der Waals surface area contributed by atoms with Crippen LogP contribution in [0.25, 0.3) is 5.78 Å². The zero-order valence-electron chi connectivity index (χ0n) is 14.7. The molecule has 4 aromatic rings. The van der Waals surface area contributed by atoms with E-state index in [4.69, 9.17) is 4.42 Å². The van der Waals surface area contributed by atoms with E-state index in [2.05, 4.69) is 43.1 Å². The number of hydrogen-bond donors (Lipinski definition) is 0. The van der Waals surface area contributed by atoms with Crippen molar-refractivity contribution in [1.29, 1.82) is 0 Å². The molecule has 1 atom stereocenters. The Hall–Kier alpha value is -2.45. The number of nitrogens with zero attached hydrogens (tertiary/aromatic N) is 4. The number of aromatic nitrogens is 4. The summed E-state index contributed by atoms with van der Waals surface area (Å²) in [5.41, 5.74) is 2.59. The lowest BCUT2D eigenvalue weighted by Crippen LogP contribution is -2.21. The van der Waals surface area contributed by atoms with Gasteiger partial charge < -0.3 is 4.42 Å². The lowest BCUT2D eigenvalue weighted by atomic mass is 9.85. The van der Waals surface area contributed by atoms with Gasteiger partial charge in [-0.05, 0) is 29.8 Å². The van der Waals surface area contributed by atoms with Gasteiger partial charge in [0.1, 0.15) is 5.76 Å². The molecular weight excluding hydrogens is 440 g/mol. The van der Waals surface area contributed by atoms with Crippen LogP contribution in [0.1, 0.15) is 39.7 Å². The summed E-state index contributed by atoms with van der Waals surface area (Å²) in [5, 5.41) is 5.13. The van der Waals surface area contributed by atoms with Gasteiger partial charge in [-0.25, -0.2) is 9.50 Å². The average Bonchev–Trinajstić information content (AvgIpc) is 3.35. The zero-order chi connectivity index (χ0) is 19.1. The third-order valence-electron chi connectivity index (χ3n) is 4.79. The van der Waals surface area contributed by atoms with E-state index in [-0.39, 0.29) is 11.7 Å². The first kappa shape index (κ1) is 17.6. The number of benzene rings is 1. The highest BCUT2D eigenvalue weighted by Crippen LogP contribution is 2.32. The molecular formula is C20H15BrN4O2S. The molecule has 140 valence electrons. The van der Waals surface area contributed by atoms with E-state index in [0.29, 0.717) is 29.3 Å². The van der Waals surface area contributed by atoms with Gasteiger partial charge in [-0.15, -0.1) is 5.10 Å². The molecule has 3 heterocycles. The van der Waals surface area contributed by atoms with Gasteiger partial charge in [0.25, 0.3) is 5.78 Å². The zero-order valence-corrected chi connectivity index (χ0v) is 17.1.